The smallest absolute Gasteiger partial charge is 0.462 e. The third kappa shape index (κ3) is 69.4. The molecule has 488 valence electrons. The second kappa shape index (κ2) is 69.5. The van der Waals surface area contributed by atoms with Gasteiger partial charge < -0.3 is 20.1 Å². The third-order valence-corrected chi connectivity index (χ3v) is 15.8. The van der Waals surface area contributed by atoms with Crippen LogP contribution >= 0.6 is 7.82 Å². The maximum absolute atomic E-state index is 12.7. The zero-order valence-corrected chi connectivity index (χ0v) is 55.7. The van der Waals surface area contributed by atoms with Gasteiger partial charge in [0.1, 0.15) is 6.61 Å². The van der Waals surface area contributed by atoms with Crippen LogP contribution < -0.4 is 5.73 Å². The molecule has 0 aliphatic carbocycles. The predicted molar refractivity (Wildman–Crippen MR) is 367 cm³/mol. The number of carbonyl (C=O) groups excluding carboxylic acids is 2. The number of phosphoric ester groups is 1. The number of hydrogen-bond acceptors (Lipinski definition) is 8. The van der Waals surface area contributed by atoms with Crippen LogP contribution in [0.5, 0.6) is 0 Å². The molecule has 0 aromatic carbocycles. The van der Waals surface area contributed by atoms with Crippen molar-refractivity contribution < 1.29 is 37.6 Å². The van der Waals surface area contributed by atoms with Crippen LogP contribution in [0, 0.1) is 0 Å². The van der Waals surface area contributed by atoms with Gasteiger partial charge in [-0.25, -0.2) is 4.57 Å². The fourth-order valence-electron chi connectivity index (χ4n) is 9.68. The van der Waals surface area contributed by atoms with E-state index in [4.69, 9.17) is 24.3 Å². The van der Waals surface area contributed by atoms with Crippen molar-refractivity contribution >= 4 is 19.8 Å². The van der Waals surface area contributed by atoms with E-state index in [1.54, 1.807) is 0 Å². The molecule has 2 atom stereocenters. The van der Waals surface area contributed by atoms with Crippen LogP contribution in [0.1, 0.15) is 309 Å². The lowest BCUT2D eigenvalue weighted by molar-refractivity contribution is -0.161. The minimum Gasteiger partial charge on any atom is -0.462 e. The van der Waals surface area contributed by atoms with Gasteiger partial charge >= 0.3 is 19.8 Å². The summed E-state index contributed by atoms with van der Waals surface area (Å²) in [5.41, 5.74) is 5.40. The first-order valence-corrected chi connectivity index (χ1v) is 36.5. The number of allylic oxidation sites excluding steroid dienone is 20. The molecule has 0 saturated heterocycles. The molecule has 0 heterocycles. The van der Waals surface area contributed by atoms with E-state index < -0.39 is 26.5 Å². The van der Waals surface area contributed by atoms with Crippen LogP contribution in [0.4, 0.5) is 0 Å². The topological polar surface area (TPSA) is 134 Å². The Labute approximate surface area is 523 Å². The zero-order valence-electron chi connectivity index (χ0n) is 54.8. The molecule has 0 aromatic heterocycles. The SMILES string of the molecule is CC/C=C\C/C=C\C/C=C\C/C=C\C/C=C\C/C=C\C/C=C\C/C=C\C/C=C\CCCCCC(=O)OC(COC(=O)CCCCCCCCCCCCCCCCCCCCCCC/C=C\CCCCCCCCCC)COP(=O)(O)OCCN. The largest absolute Gasteiger partial charge is 0.472 e. The lowest BCUT2D eigenvalue weighted by Crippen LogP contribution is -2.29. The fraction of sp³-hybridized carbons (Fsp3) is 0.707. The molecule has 0 spiro atoms. The van der Waals surface area contributed by atoms with Crippen molar-refractivity contribution in [1.82, 2.24) is 0 Å². The highest BCUT2D eigenvalue weighted by Gasteiger charge is 2.26. The van der Waals surface area contributed by atoms with Crippen molar-refractivity contribution in [2.45, 2.75) is 315 Å². The van der Waals surface area contributed by atoms with Gasteiger partial charge in [-0.05, 0) is 109 Å². The second-order valence-electron chi connectivity index (χ2n) is 23.0. The molecule has 0 saturated carbocycles. The molecule has 0 rings (SSSR count). The van der Waals surface area contributed by atoms with Crippen molar-refractivity contribution in [3.8, 4) is 0 Å². The van der Waals surface area contributed by atoms with Crippen LogP contribution in [0.25, 0.3) is 0 Å². The van der Waals surface area contributed by atoms with E-state index in [-0.39, 0.29) is 38.6 Å². The van der Waals surface area contributed by atoms with E-state index >= 15 is 0 Å². The molecule has 0 aliphatic rings. The monoisotopic (exact) mass is 1200 g/mol. The zero-order chi connectivity index (χ0) is 61.6. The predicted octanol–water partition coefficient (Wildman–Crippen LogP) is 23.1. The molecule has 0 amide bonds. The van der Waals surface area contributed by atoms with Crippen molar-refractivity contribution in [1.29, 1.82) is 0 Å². The summed E-state index contributed by atoms with van der Waals surface area (Å²) >= 11 is 0. The number of rotatable bonds is 65. The standard InChI is InChI=1S/C75H130NO8P/c1-3-5-7-9-11-13-15-17-19-21-23-25-27-29-31-33-35-36-38-39-41-43-45-47-49-51-53-55-57-59-61-63-65-67-74(77)81-71-73(72-83-85(79,80)82-70-69-76)84-75(78)68-66-64-62-60-58-56-54-52-50-48-46-44-42-40-37-34-32-30-28-26-24-22-20-18-16-14-12-10-8-6-4-2/h6,8,12,14,18,20-21,23-24,26,30,32,37,40,44,46,50,52,56,58,73H,3-5,7,9-11,13,15-17,19,22,25,27-29,31,33-36,38-39,41-43,45,47-49,51,53-55,57,59-72,76H2,1-2H3,(H,79,80)/b8-6-,14-12-,20-18-,23-21-,26-24-,32-30-,40-37-,46-44-,52-50-,58-56-. The van der Waals surface area contributed by atoms with E-state index in [1.807, 2.05) is 0 Å². The van der Waals surface area contributed by atoms with Gasteiger partial charge in [-0.15, -0.1) is 0 Å². The summed E-state index contributed by atoms with van der Waals surface area (Å²) < 4.78 is 33.1. The first-order chi connectivity index (χ1) is 41.8. The molecule has 0 fully saturated rings. The number of ether oxygens (including phenoxy) is 2. The molecule has 0 aliphatic heterocycles. The van der Waals surface area contributed by atoms with Gasteiger partial charge in [-0.3, -0.25) is 18.6 Å². The van der Waals surface area contributed by atoms with Crippen LogP contribution in [0.2, 0.25) is 0 Å². The molecule has 10 heteroatoms. The van der Waals surface area contributed by atoms with Gasteiger partial charge in [0.2, 0.25) is 0 Å². The summed E-state index contributed by atoms with van der Waals surface area (Å²) in [6.07, 6.45) is 97.3. The summed E-state index contributed by atoms with van der Waals surface area (Å²) in [5, 5.41) is 0. The lowest BCUT2D eigenvalue weighted by Gasteiger charge is -2.19. The Kier molecular flexibility index (Phi) is 66.6. The number of phosphoric acid groups is 1. The van der Waals surface area contributed by atoms with Crippen molar-refractivity contribution in [2.24, 2.45) is 5.73 Å². The summed E-state index contributed by atoms with van der Waals surface area (Å²) in [4.78, 5) is 35.3. The highest BCUT2D eigenvalue weighted by molar-refractivity contribution is 7.47. The van der Waals surface area contributed by atoms with E-state index in [0.717, 1.165) is 96.3 Å². The molecule has 2 unspecified atom stereocenters. The minimum atomic E-state index is -4.41. The number of nitrogens with two attached hydrogens (primary N) is 1. The molecule has 0 radical (unpaired) electrons. The first-order valence-electron chi connectivity index (χ1n) is 35.0. The number of carbonyl (C=O) groups is 2. The normalized spacial score (nSPS) is 13.7. The van der Waals surface area contributed by atoms with Crippen molar-refractivity contribution in [3.63, 3.8) is 0 Å². The second-order valence-corrected chi connectivity index (χ2v) is 24.5. The highest BCUT2D eigenvalue weighted by Crippen LogP contribution is 2.43. The first kappa shape index (κ1) is 81.4. The Morgan fingerprint density at radius 2 is 0.647 bits per heavy atom. The van der Waals surface area contributed by atoms with Gasteiger partial charge in [0, 0.05) is 19.4 Å². The van der Waals surface area contributed by atoms with Crippen LogP contribution in [-0.2, 0) is 32.7 Å². The van der Waals surface area contributed by atoms with E-state index in [9.17, 15) is 19.0 Å². The van der Waals surface area contributed by atoms with Crippen LogP contribution in [0.15, 0.2) is 122 Å². The van der Waals surface area contributed by atoms with Gasteiger partial charge in [0.15, 0.2) is 6.10 Å². The van der Waals surface area contributed by atoms with Gasteiger partial charge in [0.05, 0.1) is 13.2 Å². The lowest BCUT2D eigenvalue weighted by atomic mass is 10.0. The summed E-state index contributed by atoms with van der Waals surface area (Å²) in [6.45, 7) is 3.61. The Balaban J connectivity index is 3.96. The molecular formula is C75H130NO8P. The Hall–Kier alpha value is -3.59. The molecule has 0 bridgehead atoms. The average Bonchev–Trinajstić information content (AvgIpc) is 3.52. The fourth-order valence-corrected chi connectivity index (χ4v) is 10.5. The van der Waals surface area contributed by atoms with Gasteiger partial charge in [-0.1, -0.05) is 309 Å². The van der Waals surface area contributed by atoms with E-state index in [1.165, 1.54) is 180 Å². The highest BCUT2D eigenvalue weighted by atomic mass is 31.2. The van der Waals surface area contributed by atoms with E-state index in [0.29, 0.717) is 6.42 Å². The summed E-state index contributed by atoms with van der Waals surface area (Å²) in [6, 6.07) is 0. The molecule has 85 heavy (non-hydrogen) atoms. The Morgan fingerprint density at radius 1 is 0.365 bits per heavy atom. The summed E-state index contributed by atoms with van der Waals surface area (Å²) in [5.74, 6) is -0.864. The molecule has 9 nitrogen and oxygen atoms in total. The third-order valence-electron chi connectivity index (χ3n) is 14.8. The van der Waals surface area contributed by atoms with Gasteiger partial charge in [-0.2, -0.15) is 0 Å². The maximum Gasteiger partial charge on any atom is 0.472 e. The van der Waals surface area contributed by atoms with E-state index in [2.05, 4.69) is 135 Å². The van der Waals surface area contributed by atoms with Crippen molar-refractivity contribution in [3.05, 3.63) is 122 Å². The maximum atomic E-state index is 12.7. The van der Waals surface area contributed by atoms with Crippen LogP contribution in [-0.4, -0.2) is 49.3 Å². The molecular weight excluding hydrogens is 1070 g/mol. The van der Waals surface area contributed by atoms with Gasteiger partial charge in [0.25, 0.3) is 0 Å². The molecule has 0 aromatic rings. The van der Waals surface area contributed by atoms with Crippen molar-refractivity contribution in [2.75, 3.05) is 26.4 Å². The molecule has 3 N–H and O–H groups in total. The summed E-state index contributed by atoms with van der Waals surface area (Å²) in [7, 11) is -4.41. The Morgan fingerprint density at radius 3 is 0.988 bits per heavy atom. The minimum absolute atomic E-state index is 0.0425. The number of unbranched alkanes of at least 4 members (excludes halogenated alkanes) is 32. The van der Waals surface area contributed by atoms with Crippen LogP contribution in [0.3, 0.4) is 0 Å². The quantitative estimate of drug-likeness (QED) is 0.0264. The number of hydrogen-bond donors (Lipinski definition) is 2. The average molecular weight is 1200 g/mol. The number of esters is 2. The Bertz CT molecular complexity index is 1810.